The summed E-state index contributed by atoms with van der Waals surface area (Å²) in [6, 6.07) is 5.67. The van der Waals surface area contributed by atoms with Crippen LogP contribution in [0.2, 0.25) is 0 Å². The zero-order valence-corrected chi connectivity index (χ0v) is 13.3. The zero-order valence-electron chi connectivity index (χ0n) is 12.5. The highest BCUT2D eigenvalue weighted by Gasteiger charge is 2.20. The molecule has 5 nitrogen and oxygen atoms in total. The van der Waals surface area contributed by atoms with Gasteiger partial charge in [-0.2, -0.15) is 11.8 Å². The number of ether oxygens (including phenoxy) is 1. The van der Waals surface area contributed by atoms with Crippen LogP contribution in [0.25, 0.3) is 0 Å². The molecule has 0 spiro atoms. The summed E-state index contributed by atoms with van der Waals surface area (Å²) < 4.78 is 5.02. The van der Waals surface area contributed by atoms with Crippen LogP contribution in [0.15, 0.2) is 18.2 Å². The largest absolute Gasteiger partial charge is 0.490 e. The van der Waals surface area contributed by atoms with Crippen LogP contribution >= 0.6 is 11.8 Å². The molecule has 116 valence electrons. The molecule has 0 radical (unpaired) electrons. The number of nitrogens with one attached hydrogen (secondary N) is 1. The molecule has 1 aliphatic carbocycles. The summed E-state index contributed by atoms with van der Waals surface area (Å²) in [5.74, 6) is 0.309. The highest BCUT2D eigenvalue weighted by atomic mass is 32.2. The lowest BCUT2D eigenvalue weighted by Gasteiger charge is -2.28. The molecule has 1 aliphatic rings. The van der Waals surface area contributed by atoms with Crippen LogP contribution in [0.1, 0.15) is 31.2 Å². The van der Waals surface area contributed by atoms with Gasteiger partial charge >= 0.3 is 5.69 Å². The first-order valence-electron chi connectivity index (χ1n) is 7.21. The van der Waals surface area contributed by atoms with Gasteiger partial charge in [-0.3, -0.25) is 10.1 Å². The summed E-state index contributed by atoms with van der Waals surface area (Å²) in [6.45, 7) is 0.666. The van der Waals surface area contributed by atoms with Crippen molar-refractivity contribution < 1.29 is 9.66 Å². The van der Waals surface area contributed by atoms with E-state index in [0.29, 0.717) is 18.3 Å². The van der Waals surface area contributed by atoms with Crippen molar-refractivity contribution in [2.45, 2.75) is 43.5 Å². The fourth-order valence-corrected chi connectivity index (χ4v) is 3.50. The van der Waals surface area contributed by atoms with Gasteiger partial charge in [-0.05, 0) is 43.6 Å². The van der Waals surface area contributed by atoms with Gasteiger partial charge in [0.25, 0.3) is 0 Å². The van der Waals surface area contributed by atoms with Gasteiger partial charge < -0.3 is 10.1 Å². The van der Waals surface area contributed by atoms with Crippen molar-refractivity contribution in [1.82, 2.24) is 5.32 Å². The molecule has 2 rings (SSSR count). The highest BCUT2D eigenvalue weighted by molar-refractivity contribution is 7.99. The first-order valence-corrected chi connectivity index (χ1v) is 8.50. The minimum absolute atomic E-state index is 0.0305. The molecule has 0 heterocycles. The van der Waals surface area contributed by atoms with Crippen LogP contribution in [0.4, 0.5) is 5.69 Å². The second-order valence-corrected chi connectivity index (χ2v) is 6.49. The van der Waals surface area contributed by atoms with E-state index in [1.807, 2.05) is 17.8 Å². The molecule has 0 atom stereocenters. The molecule has 0 bridgehead atoms. The molecule has 1 aromatic carbocycles. The normalized spacial score (nSPS) is 22.0. The third kappa shape index (κ3) is 4.35. The van der Waals surface area contributed by atoms with Crippen molar-refractivity contribution in [3.63, 3.8) is 0 Å². The van der Waals surface area contributed by atoms with E-state index >= 15 is 0 Å². The molecule has 1 aromatic rings. The summed E-state index contributed by atoms with van der Waals surface area (Å²) in [7, 11) is 1.45. The van der Waals surface area contributed by atoms with E-state index in [1.165, 1.54) is 32.8 Å². The van der Waals surface area contributed by atoms with Gasteiger partial charge in [-0.25, -0.2) is 0 Å². The van der Waals surface area contributed by atoms with Gasteiger partial charge in [0.05, 0.1) is 12.0 Å². The maximum atomic E-state index is 11.0. The lowest BCUT2D eigenvalue weighted by Crippen LogP contribution is -2.33. The number of nitro benzene ring substituents is 1. The number of nitro groups is 1. The van der Waals surface area contributed by atoms with Gasteiger partial charge in [0.1, 0.15) is 0 Å². The number of hydrogen-bond donors (Lipinski definition) is 1. The fourth-order valence-electron chi connectivity index (χ4n) is 2.75. The van der Waals surface area contributed by atoms with Crippen molar-refractivity contribution in [3.05, 3.63) is 33.9 Å². The predicted octanol–water partition coefficient (Wildman–Crippen LogP) is 3.37. The standard InChI is InChI=1S/C15H22N2O3S/c1-20-15-8-3-11(9-14(15)17(18)19)10-16-12-4-6-13(21-2)7-5-12/h3,8-9,12-13,16H,4-7,10H2,1-2H3. The molecule has 0 unspecified atom stereocenters. The Balaban J connectivity index is 1.92. The maximum Gasteiger partial charge on any atom is 0.311 e. The van der Waals surface area contributed by atoms with Gasteiger partial charge in [0.15, 0.2) is 5.75 Å². The van der Waals surface area contributed by atoms with E-state index in [9.17, 15) is 10.1 Å². The van der Waals surface area contributed by atoms with Gasteiger partial charge in [0, 0.05) is 23.9 Å². The summed E-state index contributed by atoms with van der Waals surface area (Å²) in [5, 5.41) is 15.3. The van der Waals surface area contributed by atoms with Crippen LogP contribution < -0.4 is 10.1 Å². The second kappa shape index (κ2) is 7.66. The van der Waals surface area contributed by atoms with Crippen LogP contribution in [0.5, 0.6) is 5.75 Å². The topological polar surface area (TPSA) is 64.4 Å². The van der Waals surface area contributed by atoms with Crippen molar-refractivity contribution in [3.8, 4) is 5.75 Å². The summed E-state index contributed by atoms with van der Waals surface area (Å²) >= 11 is 1.95. The molecular formula is C15H22N2O3S. The average molecular weight is 310 g/mol. The third-order valence-electron chi connectivity index (χ3n) is 4.04. The first-order chi connectivity index (χ1) is 10.1. The Morgan fingerprint density at radius 2 is 2.10 bits per heavy atom. The number of nitrogens with zero attached hydrogens (tertiary/aromatic N) is 1. The Hall–Kier alpha value is -1.27. The Morgan fingerprint density at radius 1 is 1.38 bits per heavy atom. The molecule has 1 saturated carbocycles. The Morgan fingerprint density at radius 3 is 2.67 bits per heavy atom. The van der Waals surface area contributed by atoms with E-state index in [2.05, 4.69) is 11.6 Å². The quantitative estimate of drug-likeness (QED) is 0.644. The molecule has 0 amide bonds. The maximum absolute atomic E-state index is 11.0. The molecule has 0 saturated heterocycles. The van der Waals surface area contributed by atoms with E-state index in [1.54, 1.807) is 12.1 Å². The SMILES string of the molecule is COc1ccc(CNC2CCC(SC)CC2)cc1[N+](=O)[O-]. The first kappa shape index (κ1) is 16.1. The van der Waals surface area contributed by atoms with Crippen molar-refractivity contribution in [1.29, 1.82) is 0 Å². The molecular weight excluding hydrogens is 288 g/mol. The minimum Gasteiger partial charge on any atom is -0.490 e. The minimum atomic E-state index is -0.397. The number of methoxy groups -OCH3 is 1. The summed E-state index contributed by atoms with van der Waals surface area (Å²) in [5.41, 5.74) is 0.956. The zero-order chi connectivity index (χ0) is 15.2. The Labute approximate surface area is 129 Å². The lowest BCUT2D eigenvalue weighted by atomic mass is 9.95. The summed E-state index contributed by atoms with van der Waals surface area (Å²) in [6.07, 6.45) is 7.05. The molecule has 6 heteroatoms. The van der Waals surface area contributed by atoms with Crippen LogP contribution in [-0.4, -0.2) is 29.6 Å². The molecule has 0 aromatic heterocycles. The Kier molecular flexibility index (Phi) is 5.87. The monoisotopic (exact) mass is 310 g/mol. The van der Waals surface area contributed by atoms with Crippen LogP contribution in [0.3, 0.4) is 0 Å². The smallest absolute Gasteiger partial charge is 0.311 e. The Bertz CT molecular complexity index is 488. The van der Waals surface area contributed by atoms with Crippen LogP contribution in [0, 0.1) is 10.1 Å². The van der Waals surface area contributed by atoms with Crippen LogP contribution in [-0.2, 0) is 6.54 Å². The molecule has 21 heavy (non-hydrogen) atoms. The van der Waals surface area contributed by atoms with E-state index < -0.39 is 4.92 Å². The molecule has 1 fully saturated rings. The van der Waals surface area contributed by atoms with Gasteiger partial charge in [-0.15, -0.1) is 0 Å². The van der Waals surface area contributed by atoms with Gasteiger partial charge in [0.2, 0.25) is 0 Å². The van der Waals surface area contributed by atoms with E-state index in [-0.39, 0.29) is 5.69 Å². The average Bonchev–Trinajstić information content (AvgIpc) is 2.53. The van der Waals surface area contributed by atoms with Crippen molar-refractivity contribution >= 4 is 17.4 Å². The van der Waals surface area contributed by atoms with Gasteiger partial charge in [-0.1, -0.05) is 6.07 Å². The third-order valence-corrected chi connectivity index (χ3v) is 5.18. The number of rotatable bonds is 6. The van der Waals surface area contributed by atoms with E-state index in [0.717, 1.165) is 10.8 Å². The van der Waals surface area contributed by atoms with Crippen molar-refractivity contribution in [2.24, 2.45) is 0 Å². The summed E-state index contributed by atoms with van der Waals surface area (Å²) in [4.78, 5) is 10.6. The number of thioether (sulfide) groups is 1. The van der Waals surface area contributed by atoms with Crippen molar-refractivity contribution in [2.75, 3.05) is 13.4 Å². The molecule has 0 aliphatic heterocycles. The lowest BCUT2D eigenvalue weighted by molar-refractivity contribution is -0.385. The van der Waals surface area contributed by atoms with E-state index in [4.69, 9.17) is 4.74 Å². The second-order valence-electron chi connectivity index (χ2n) is 5.35. The fraction of sp³-hybridized carbons (Fsp3) is 0.600. The highest BCUT2D eigenvalue weighted by Crippen LogP contribution is 2.29. The molecule has 1 N–H and O–H groups in total. The number of hydrogen-bond acceptors (Lipinski definition) is 5. The predicted molar refractivity (Wildman–Crippen MR) is 86.0 cm³/mol. The number of benzene rings is 1.